The largest absolute Gasteiger partial charge is 0.495 e. The minimum atomic E-state index is 0.600. The second-order valence-corrected chi connectivity index (χ2v) is 6.13. The van der Waals surface area contributed by atoms with E-state index in [4.69, 9.17) is 21.1 Å². The highest BCUT2D eigenvalue weighted by atomic mass is 35.5. The van der Waals surface area contributed by atoms with E-state index in [9.17, 15) is 0 Å². The van der Waals surface area contributed by atoms with Crippen LogP contribution >= 0.6 is 11.6 Å². The molecular formula is C20H26ClNO2. The Hall–Kier alpha value is -1.87. The molecule has 0 saturated carbocycles. The van der Waals surface area contributed by atoms with Gasteiger partial charge in [-0.2, -0.15) is 0 Å². The van der Waals surface area contributed by atoms with E-state index in [0.29, 0.717) is 17.3 Å². The summed E-state index contributed by atoms with van der Waals surface area (Å²) in [5, 5.41) is 3.98. The fourth-order valence-corrected chi connectivity index (χ4v) is 2.73. The van der Waals surface area contributed by atoms with Crippen molar-refractivity contribution in [1.82, 2.24) is 0 Å². The fourth-order valence-electron chi connectivity index (χ4n) is 2.48. The van der Waals surface area contributed by atoms with Gasteiger partial charge in [0, 0.05) is 17.8 Å². The molecule has 0 saturated heterocycles. The zero-order valence-electron chi connectivity index (χ0n) is 14.5. The van der Waals surface area contributed by atoms with Gasteiger partial charge in [0.1, 0.15) is 11.5 Å². The van der Waals surface area contributed by atoms with E-state index >= 15 is 0 Å². The Balaban J connectivity index is 1.91. The lowest BCUT2D eigenvalue weighted by atomic mass is 10.2. The van der Waals surface area contributed by atoms with Gasteiger partial charge in [0.25, 0.3) is 0 Å². The molecule has 0 amide bonds. The Bertz CT molecular complexity index is 631. The maximum atomic E-state index is 6.16. The third-order valence-electron chi connectivity index (χ3n) is 3.86. The van der Waals surface area contributed by atoms with Gasteiger partial charge in [0.15, 0.2) is 0 Å². The summed E-state index contributed by atoms with van der Waals surface area (Å²) in [6, 6.07) is 13.8. The molecule has 24 heavy (non-hydrogen) atoms. The van der Waals surface area contributed by atoms with E-state index in [0.717, 1.165) is 30.0 Å². The van der Waals surface area contributed by atoms with Gasteiger partial charge in [-0.25, -0.2) is 0 Å². The number of para-hydroxylation sites is 1. The number of benzene rings is 2. The number of anilines is 1. The van der Waals surface area contributed by atoms with Gasteiger partial charge in [-0.1, -0.05) is 56.0 Å². The Labute approximate surface area is 149 Å². The molecule has 4 heteroatoms. The number of hydrogen-bond donors (Lipinski definition) is 1. The zero-order chi connectivity index (χ0) is 17.2. The topological polar surface area (TPSA) is 30.5 Å². The summed E-state index contributed by atoms with van der Waals surface area (Å²) in [6.07, 6.45) is 4.83. The quantitative estimate of drug-likeness (QED) is 0.541. The molecule has 2 aromatic carbocycles. The molecular weight excluding hydrogens is 322 g/mol. The molecule has 0 aliphatic heterocycles. The van der Waals surface area contributed by atoms with Crippen molar-refractivity contribution in [2.45, 2.75) is 39.2 Å². The van der Waals surface area contributed by atoms with Crippen molar-refractivity contribution in [3.8, 4) is 11.5 Å². The van der Waals surface area contributed by atoms with Crippen LogP contribution in [-0.2, 0) is 6.54 Å². The van der Waals surface area contributed by atoms with E-state index in [2.05, 4.69) is 18.3 Å². The molecule has 130 valence electrons. The zero-order valence-corrected chi connectivity index (χ0v) is 15.2. The first kappa shape index (κ1) is 18.5. The van der Waals surface area contributed by atoms with Crippen molar-refractivity contribution in [2.75, 3.05) is 19.0 Å². The molecule has 0 atom stereocenters. The van der Waals surface area contributed by atoms with Crippen molar-refractivity contribution in [3.63, 3.8) is 0 Å². The number of ether oxygens (including phenoxy) is 2. The molecule has 0 unspecified atom stereocenters. The van der Waals surface area contributed by atoms with E-state index in [1.165, 1.54) is 19.3 Å². The molecule has 0 aliphatic rings. The van der Waals surface area contributed by atoms with Crippen molar-refractivity contribution >= 4 is 17.3 Å². The van der Waals surface area contributed by atoms with Gasteiger partial charge >= 0.3 is 0 Å². The SMILES string of the molecule is CCCCCCOc1ccccc1CNc1ccc(OC)c(Cl)c1. The van der Waals surface area contributed by atoms with Crippen molar-refractivity contribution < 1.29 is 9.47 Å². The number of unbranched alkanes of at least 4 members (excludes halogenated alkanes) is 3. The molecule has 0 spiro atoms. The van der Waals surface area contributed by atoms with Gasteiger partial charge in [0.05, 0.1) is 18.7 Å². The van der Waals surface area contributed by atoms with Crippen molar-refractivity contribution in [1.29, 1.82) is 0 Å². The Kier molecular flexibility index (Phi) is 7.76. The predicted octanol–water partition coefficient (Wildman–Crippen LogP) is 5.92. The van der Waals surface area contributed by atoms with Crippen molar-refractivity contribution in [2.24, 2.45) is 0 Å². The van der Waals surface area contributed by atoms with Crippen LogP contribution in [0, 0.1) is 0 Å². The van der Waals surface area contributed by atoms with Crippen LogP contribution in [0.5, 0.6) is 11.5 Å². The summed E-state index contributed by atoms with van der Waals surface area (Å²) >= 11 is 6.16. The van der Waals surface area contributed by atoms with E-state index in [1.54, 1.807) is 7.11 Å². The monoisotopic (exact) mass is 347 g/mol. The highest BCUT2D eigenvalue weighted by molar-refractivity contribution is 6.32. The molecule has 0 bridgehead atoms. The third kappa shape index (κ3) is 5.64. The Morgan fingerprint density at radius 1 is 1.00 bits per heavy atom. The lowest BCUT2D eigenvalue weighted by Gasteiger charge is -2.13. The second kappa shape index (κ2) is 10.1. The lowest BCUT2D eigenvalue weighted by molar-refractivity contribution is 0.302. The number of hydrogen-bond acceptors (Lipinski definition) is 3. The average Bonchev–Trinajstić information content (AvgIpc) is 2.61. The highest BCUT2D eigenvalue weighted by Gasteiger charge is 2.05. The molecule has 1 N–H and O–H groups in total. The van der Waals surface area contributed by atoms with Crippen LogP contribution in [0.15, 0.2) is 42.5 Å². The first-order chi connectivity index (χ1) is 11.7. The molecule has 0 aromatic heterocycles. The van der Waals surface area contributed by atoms with Gasteiger partial charge in [-0.3, -0.25) is 0 Å². The van der Waals surface area contributed by atoms with E-state index in [1.807, 2.05) is 36.4 Å². The first-order valence-corrected chi connectivity index (χ1v) is 8.90. The molecule has 0 heterocycles. The maximum Gasteiger partial charge on any atom is 0.137 e. The van der Waals surface area contributed by atoms with Gasteiger partial charge in [-0.05, 0) is 30.7 Å². The summed E-state index contributed by atoms with van der Waals surface area (Å²) in [5.41, 5.74) is 2.10. The predicted molar refractivity (Wildman–Crippen MR) is 101 cm³/mol. The first-order valence-electron chi connectivity index (χ1n) is 8.52. The van der Waals surface area contributed by atoms with Crippen LogP contribution in [0.2, 0.25) is 5.02 Å². The van der Waals surface area contributed by atoms with Crippen LogP contribution < -0.4 is 14.8 Å². The average molecular weight is 348 g/mol. The van der Waals surface area contributed by atoms with Crippen LogP contribution in [0.3, 0.4) is 0 Å². The number of halogens is 1. The third-order valence-corrected chi connectivity index (χ3v) is 4.16. The summed E-state index contributed by atoms with van der Waals surface area (Å²) in [4.78, 5) is 0. The van der Waals surface area contributed by atoms with Crippen LogP contribution in [-0.4, -0.2) is 13.7 Å². The molecule has 0 aliphatic carbocycles. The number of methoxy groups -OCH3 is 1. The summed E-state index contributed by atoms with van der Waals surface area (Å²) < 4.78 is 11.1. The molecule has 3 nitrogen and oxygen atoms in total. The van der Waals surface area contributed by atoms with Gasteiger partial charge < -0.3 is 14.8 Å². The summed E-state index contributed by atoms with van der Waals surface area (Å²) in [5.74, 6) is 1.62. The molecule has 2 rings (SSSR count). The minimum absolute atomic E-state index is 0.600. The minimum Gasteiger partial charge on any atom is -0.495 e. The van der Waals surface area contributed by atoms with E-state index in [-0.39, 0.29) is 0 Å². The molecule has 0 fully saturated rings. The van der Waals surface area contributed by atoms with Crippen LogP contribution in [0.1, 0.15) is 38.2 Å². The normalized spacial score (nSPS) is 10.5. The fraction of sp³-hybridized carbons (Fsp3) is 0.400. The Morgan fingerprint density at radius 3 is 2.58 bits per heavy atom. The highest BCUT2D eigenvalue weighted by Crippen LogP contribution is 2.28. The van der Waals surface area contributed by atoms with Gasteiger partial charge in [0.2, 0.25) is 0 Å². The standard InChI is InChI=1S/C20H26ClNO2/c1-3-4-5-8-13-24-19-10-7-6-9-16(19)15-22-17-11-12-20(23-2)18(21)14-17/h6-7,9-12,14,22H,3-5,8,13,15H2,1-2H3. The van der Waals surface area contributed by atoms with Crippen molar-refractivity contribution in [3.05, 3.63) is 53.1 Å². The summed E-state index contributed by atoms with van der Waals surface area (Å²) in [7, 11) is 1.61. The number of nitrogens with one attached hydrogen (secondary N) is 1. The molecule has 2 aromatic rings. The maximum absolute atomic E-state index is 6.16. The number of rotatable bonds is 10. The lowest BCUT2D eigenvalue weighted by Crippen LogP contribution is -2.04. The molecule has 0 radical (unpaired) electrons. The Morgan fingerprint density at radius 2 is 1.83 bits per heavy atom. The van der Waals surface area contributed by atoms with Crippen LogP contribution in [0.4, 0.5) is 5.69 Å². The van der Waals surface area contributed by atoms with E-state index < -0.39 is 0 Å². The van der Waals surface area contributed by atoms with Crippen LogP contribution in [0.25, 0.3) is 0 Å². The van der Waals surface area contributed by atoms with Gasteiger partial charge in [-0.15, -0.1) is 0 Å². The smallest absolute Gasteiger partial charge is 0.137 e. The summed E-state index contributed by atoms with van der Waals surface area (Å²) in [6.45, 7) is 3.67. The second-order valence-electron chi connectivity index (χ2n) is 5.72.